The van der Waals surface area contributed by atoms with Gasteiger partial charge in [0.15, 0.2) is 0 Å². The van der Waals surface area contributed by atoms with Gasteiger partial charge in [-0.3, -0.25) is 4.79 Å². The summed E-state index contributed by atoms with van der Waals surface area (Å²) in [5.74, 6) is 0.0248. The highest BCUT2D eigenvalue weighted by Gasteiger charge is 2.36. The molecule has 0 spiro atoms. The van der Waals surface area contributed by atoms with E-state index in [1.807, 2.05) is 23.8 Å². The third-order valence-corrected chi connectivity index (χ3v) is 4.00. The molecule has 2 heterocycles. The van der Waals surface area contributed by atoms with Gasteiger partial charge in [0, 0.05) is 13.1 Å². The first-order valence-electron chi connectivity index (χ1n) is 5.81. The monoisotopic (exact) mass is 254 g/mol. The van der Waals surface area contributed by atoms with Crippen molar-refractivity contribution in [2.45, 2.75) is 19.4 Å². The van der Waals surface area contributed by atoms with Crippen LogP contribution in [0.15, 0.2) is 16.8 Å². The van der Waals surface area contributed by atoms with Gasteiger partial charge in [-0.1, -0.05) is 0 Å². The van der Waals surface area contributed by atoms with Gasteiger partial charge in [-0.05, 0) is 42.3 Å². The largest absolute Gasteiger partial charge is 0.387 e. The average molecular weight is 254 g/mol. The van der Waals surface area contributed by atoms with E-state index in [-0.39, 0.29) is 17.9 Å². The van der Waals surface area contributed by atoms with Crippen LogP contribution in [0.3, 0.4) is 0 Å². The van der Waals surface area contributed by atoms with Gasteiger partial charge in [0.05, 0.1) is 11.5 Å². The number of carbonyl (C=O) groups is 1. The third-order valence-electron chi connectivity index (χ3n) is 3.30. The molecule has 1 aromatic heterocycles. The summed E-state index contributed by atoms with van der Waals surface area (Å²) >= 11 is 1.54. The van der Waals surface area contributed by atoms with Crippen LogP contribution in [0.5, 0.6) is 0 Å². The van der Waals surface area contributed by atoms with E-state index in [9.17, 15) is 9.90 Å². The second-order valence-corrected chi connectivity index (χ2v) is 5.55. The molecule has 2 unspecified atom stereocenters. The smallest absolute Gasteiger partial charge is 0.227 e. The van der Waals surface area contributed by atoms with Crippen molar-refractivity contribution in [3.8, 4) is 0 Å². The summed E-state index contributed by atoms with van der Waals surface area (Å²) in [5.41, 5.74) is 0.541. The van der Waals surface area contributed by atoms with E-state index < -0.39 is 6.10 Å². The predicted octanol–water partition coefficient (Wildman–Crippen LogP) is 0.897. The normalized spacial score (nSPS) is 25.8. The SMILES string of the molecule is CC1(C(=O)NCC(O)c2ccsc2)CCNC1. The molecule has 0 aliphatic carbocycles. The van der Waals surface area contributed by atoms with Gasteiger partial charge in [0.2, 0.25) is 5.91 Å². The van der Waals surface area contributed by atoms with E-state index >= 15 is 0 Å². The van der Waals surface area contributed by atoms with Crippen LogP contribution in [0, 0.1) is 5.41 Å². The van der Waals surface area contributed by atoms with Crippen molar-refractivity contribution in [2.75, 3.05) is 19.6 Å². The zero-order valence-corrected chi connectivity index (χ0v) is 10.7. The minimum absolute atomic E-state index is 0.0248. The van der Waals surface area contributed by atoms with Gasteiger partial charge in [-0.15, -0.1) is 0 Å². The van der Waals surface area contributed by atoms with Crippen LogP contribution >= 0.6 is 11.3 Å². The van der Waals surface area contributed by atoms with Gasteiger partial charge in [0.1, 0.15) is 0 Å². The molecular formula is C12H18N2O2S. The molecule has 1 aliphatic heterocycles. The van der Waals surface area contributed by atoms with Crippen molar-refractivity contribution in [3.05, 3.63) is 22.4 Å². The fourth-order valence-electron chi connectivity index (χ4n) is 2.00. The lowest BCUT2D eigenvalue weighted by Gasteiger charge is -2.22. The molecular weight excluding hydrogens is 236 g/mol. The summed E-state index contributed by atoms with van der Waals surface area (Å²) in [6, 6.07) is 1.88. The Bertz CT molecular complexity index is 372. The number of aliphatic hydroxyl groups is 1. The predicted molar refractivity (Wildman–Crippen MR) is 67.9 cm³/mol. The Kier molecular flexibility index (Phi) is 3.81. The lowest BCUT2D eigenvalue weighted by Crippen LogP contribution is -2.41. The number of hydrogen-bond acceptors (Lipinski definition) is 4. The van der Waals surface area contributed by atoms with Crippen molar-refractivity contribution in [3.63, 3.8) is 0 Å². The number of thiophene rings is 1. The van der Waals surface area contributed by atoms with Crippen molar-refractivity contribution >= 4 is 17.2 Å². The molecule has 0 aromatic carbocycles. The molecule has 1 aliphatic rings. The van der Waals surface area contributed by atoms with Crippen molar-refractivity contribution in [2.24, 2.45) is 5.41 Å². The van der Waals surface area contributed by atoms with Crippen LogP contribution in [0.4, 0.5) is 0 Å². The maximum Gasteiger partial charge on any atom is 0.227 e. The van der Waals surface area contributed by atoms with Gasteiger partial charge in [0.25, 0.3) is 0 Å². The van der Waals surface area contributed by atoms with Crippen LogP contribution in [-0.2, 0) is 4.79 Å². The Morgan fingerprint density at radius 2 is 2.59 bits per heavy atom. The van der Waals surface area contributed by atoms with Crippen LogP contribution in [-0.4, -0.2) is 30.6 Å². The quantitative estimate of drug-likeness (QED) is 0.748. The van der Waals surface area contributed by atoms with Gasteiger partial charge >= 0.3 is 0 Å². The van der Waals surface area contributed by atoms with Crippen molar-refractivity contribution in [1.29, 1.82) is 0 Å². The number of amides is 1. The van der Waals surface area contributed by atoms with E-state index in [1.54, 1.807) is 11.3 Å². The minimum Gasteiger partial charge on any atom is -0.387 e. The molecule has 1 amide bonds. The van der Waals surface area contributed by atoms with Gasteiger partial charge in [-0.25, -0.2) is 0 Å². The molecule has 17 heavy (non-hydrogen) atoms. The third kappa shape index (κ3) is 2.86. The molecule has 2 atom stereocenters. The maximum atomic E-state index is 12.0. The van der Waals surface area contributed by atoms with E-state index in [0.29, 0.717) is 6.54 Å². The Balaban J connectivity index is 1.84. The second-order valence-electron chi connectivity index (χ2n) is 4.77. The number of rotatable bonds is 4. The first-order valence-corrected chi connectivity index (χ1v) is 6.75. The number of hydrogen-bond donors (Lipinski definition) is 3. The highest BCUT2D eigenvalue weighted by molar-refractivity contribution is 7.07. The van der Waals surface area contributed by atoms with Crippen LogP contribution in [0.25, 0.3) is 0 Å². The first-order chi connectivity index (χ1) is 8.12. The molecule has 2 rings (SSSR count). The van der Waals surface area contributed by atoms with Crippen molar-refractivity contribution < 1.29 is 9.90 Å². The minimum atomic E-state index is -0.608. The molecule has 0 saturated carbocycles. The zero-order valence-electron chi connectivity index (χ0n) is 9.90. The molecule has 3 N–H and O–H groups in total. The number of aliphatic hydroxyl groups excluding tert-OH is 1. The van der Waals surface area contributed by atoms with Crippen LogP contribution < -0.4 is 10.6 Å². The van der Waals surface area contributed by atoms with E-state index in [4.69, 9.17) is 0 Å². The van der Waals surface area contributed by atoms with Crippen LogP contribution in [0.1, 0.15) is 25.0 Å². The summed E-state index contributed by atoms with van der Waals surface area (Å²) in [7, 11) is 0. The lowest BCUT2D eigenvalue weighted by atomic mass is 9.89. The fraction of sp³-hybridized carbons (Fsp3) is 0.583. The van der Waals surface area contributed by atoms with E-state index in [1.165, 1.54) is 0 Å². The summed E-state index contributed by atoms with van der Waals surface area (Å²) in [4.78, 5) is 12.0. The van der Waals surface area contributed by atoms with E-state index in [0.717, 1.165) is 18.5 Å². The molecule has 1 fully saturated rings. The van der Waals surface area contributed by atoms with Gasteiger partial charge in [-0.2, -0.15) is 11.3 Å². The molecule has 4 nitrogen and oxygen atoms in total. The van der Waals surface area contributed by atoms with Crippen LogP contribution in [0.2, 0.25) is 0 Å². The molecule has 1 aromatic rings. The Morgan fingerprint density at radius 3 is 3.18 bits per heavy atom. The lowest BCUT2D eigenvalue weighted by molar-refractivity contribution is -0.129. The Hall–Kier alpha value is -0.910. The number of nitrogens with one attached hydrogen (secondary N) is 2. The van der Waals surface area contributed by atoms with Gasteiger partial charge < -0.3 is 15.7 Å². The standard InChI is InChI=1S/C12H18N2O2S/c1-12(3-4-13-8-12)11(16)14-6-10(15)9-2-5-17-7-9/h2,5,7,10,13,15H,3-4,6,8H2,1H3,(H,14,16). The molecule has 1 saturated heterocycles. The molecule has 0 bridgehead atoms. The van der Waals surface area contributed by atoms with Crippen molar-refractivity contribution in [1.82, 2.24) is 10.6 Å². The maximum absolute atomic E-state index is 12.0. The second kappa shape index (κ2) is 5.16. The average Bonchev–Trinajstić information content (AvgIpc) is 2.96. The first kappa shape index (κ1) is 12.5. The molecule has 94 valence electrons. The fourth-order valence-corrected chi connectivity index (χ4v) is 2.70. The highest BCUT2D eigenvalue weighted by Crippen LogP contribution is 2.24. The highest BCUT2D eigenvalue weighted by atomic mass is 32.1. The Labute approximate surface area is 105 Å². The zero-order chi connectivity index (χ0) is 12.3. The molecule has 5 heteroatoms. The molecule has 0 radical (unpaired) electrons. The van der Waals surface area contributed by atoms with E-state index in [2.05, 4.69) is 10.6 Å². The topological polar surface area (TPSA) is 61.4 Å². The summed E-state index contributed by atoms with van der Waals surface area (Å²) in [6.45, 7) is 3.84. The summed E-state index contributed by atoms with van der Waals surface area (Å²) in [5, 5.41) is 19.7. The number of carbonyl (C=O) groups excluding carboxylic acids is 1. The summed E-state index contributed by atoms with van der Waals surface area (Å²) < 4.78 is 0. The Morgan fingerprint density at radius 1 is 1.76 bits per heavy atom. The summed E-state index contributed by atoms with van der Waals surface area (Å²) in [6.07, 6.45) is 0.246.